The molecule has 2 aromatic rings. The topological polar surface area (TPSA) is 12.5 Å². The summed E-state index contributed by atoms with van der Waals surface area (Å²) in [5.74, 6) is 0. The average Bonchev–Trinajstić information content (AvgIpc) is 2.27. The molecule has 14 heavy (non-hydrogen) atoms. The highest BCUT2D eigenvalue weighted by Gasteiger charge is 2.03. The van der Waals surface area contributed by atoms with Crippen LogP contribution in [0, 0.1) is 0 Å². The third-order valence-electron chi connectivity index (χ3n) is 2.38. The van der Waals surface area contributed by atoms with Crippen molar-refractivity contribution in [2.24, 2.45) is 0 Å². The summed E-state index contributed by atoms with van der Waals surface area (Å²) in [4.78, 5) is 5.18. The summed E-state index contributed by atoms with van der Waals surface area (Å²) < 4.78 is 0. The number of nitrogens with zero attached hydrogens (tertiary/aromatic N) is 1. The van der Waals surface area contributed by atoms with Gasteiger partial charge in [0.05, 0.1) is 12.8 Å². The number of anilines is 1. The first-order valence-electron chi connectivity index (χ1n) is 4.58. The van der Waals surface area contributed by atoms with E-state index >= 15 is 0 Å². The first-order valence-corrected chi connectivity index (χ1v) is 4.58. The zero-order valence-electron chi connectivity index (χ0n) is 8.40. The van der Waals surface area contributed by atoms with Gasteiger partial charge in [-0.3, -0.25) is 9.90 Å². The second-order valence-corrected chi connectivity index (χ2v) is 3.18. The largest absolute Gasteiger partial charge is 0.277 e. The molecule has 2 heteroatoms. The van der Waals surface area contributed by atoms with Crippen LogP contribution in [-0.2, 0) is 4.84 Å². The number of fused-ring (bicyclic) bond motifs is 1. The predicted octanol–water partition coefficient (Wildman–Crippen LogP) is 2.84. The van der Waals surface area contributed by atoms with E-state index in [2.05, 4.69) is 18.2 Å². The zero-order chi connectivity index (χ0) is 9.97. The highest BCUT2D eigenvalue weighted by molar-refractivity contribution is 5.93. The Morgan fingerprint density at radius 1 is 1.00 bits per heavy atom. The minimum absolute atomic E-state index is 1.09. The molecule has 0 unspecified atom stereocenters. The molecule has 0 saturated heterocycles. The third-order valence-corrected chi connectivity index (χ3v) is 2.38. The number of hydroxylamine groups is 1. The lowest BCUT2D eigenvalue weighted by atomic mass is 10.1. The SMILES string of the molecule is CON(C)c1cccc2ccccc12. The van der Waals surface area contributed by atoms with Crippen molar-refractivity contribution in [2.75, 3.05) is 19.2 Å². The Morgan fingerprint density at radius 3 is 2.50 bits per heavy atom. The summed E-state index contributed by atoms with van der Waals surface area (Å²) in [5, 5.41) is 4.20. The van der Waals surface area contributed by atoms with Crippen molar-refractivity contribution in [1.82, 2.24) is 0 Å². The van der Waals surface area contributed by atoms with E-state index in [1.54, 1.807) is 12.2 Å². The van der Waals surface area contributed by atoms with Crippen LogP contribution < -0.4 is 5.06 Å². The molecule has 0 heterocycles. The van der Waals surface area contributed by atoms with Crippen molar-refractivity contribution in [3.8, 4) is 0 Å². The normalized spacial score (nSPS) is 10.4. The van der Waals surface area contributed by atoms with Gasteiger partial charge in [-0.15, -0.1) is 0 Å². The van der Waals surface area contributed by atoms with Crippen LogP contribution >= 0.6 is 0 Å². The molecule has 0 aromatic heterocycles. The molecule has 0 radical (unpaired) electrons. The second kappa shape index (κ2) is 3.68. The molecule has 0 aliphatic heterocycles. The number of rotatable bonds is 2. The summed E-state index contributed by atoms with van der Waals surface area (Å²) >= 11 is 0. The molecule has 0 aliphatic carbocycles. The van der Waals surface area contributed by atoms with E-state index in [4.69, 9.17) is 4.84 Å². The van der Waals surface area contributed by atoms with E-state index in [9.17, 15) is 0 Å². The Bertz CT molecular complexity index is 434. The van der Waals surface area contributed by atoms with Gasteiger partial charge in [0.1, 0.15) is 0 Å². The van der Waals surface area contributed by atoms with Crippen LogP contribution in [0.25, 0.3) is 10.8 Å². The molecule has 0 saturated carbocycles. The van der Waals surface area contributed by atoms with Crippen LogP contribution in [0.1, 0.15) is 0 Å². The third kappa shape index (κ3) is 1.44. The fourth-order valence-electron chi connectivity index (χ4n) is 1.58. The van der Waals surface area contributed by atoms with Gasteiger partial charge in [-0.05, 0) is 11.5 Å². The number of benzene rings is 2. The van der Waals surface area contributed by atoms with E-state index in [0.717, 1.165) is 5.69 Å². The highest BCUT2D eigenvalue weighted by atomic mass is 16.7. The Balaban J connectivity index is 2.65. The zero-order valence-corrected chi connectivity index (χ0v) is 8.40. The molecule has 2 aromatic carbocycles. The molecular formula is C12H13NO. The van der Waals surface area contributed by atoms with Crippen molar-refractivity contribution in [1.29, 1.82) is 0 Å². The predicted molar refractivity (Wildman–Crippen MR) is 59.4 cm³/mol. The molecule has 0 spiro atoms. The summed E-state index contributed by atoms with van der Waals surface area (Å²) in [6.45, 7) is 0. The molecule has 0 amide bonds. The van der Waals surface area contributed by atoms with E-state index in [-0.39, 0.29) is 0 Å². The van der Waals surface area contributed by atoms with Crippen molar-refractivity contribution >= 4 is 16.5 Å². The van der Waals surface area contributed by atoms with Crippen molar-refractivity contribution in [3.63, 3.8) is 0 Å². The van der Waals surface area contributed by atoms with Gasteiger partial charge < -0.3 is 0 Å². The van der Waals surface area contributed by atoms with Crippen LogP contribution in [0.4, 0.5) is 5.69 Å². The maximum Gasteiger partial charge on any atom is 0.0711 e. The van der Waals surface area contributed by atoms with Gasteiger partial charge in [-0.25, -0.2) is 0 Å². The Kier molecular flexibility index (Phi) is 2.37. The maximum absolute atomic E-state index is 5.18. The van der Waals surface area contributed by atoms with Gasteiger partial charge in [0.25, 0.3) is 0 Å². The molecule has 72 valence electrons. The van der Waals surface area contributed by atoms with Crippen LogP contribution in [0.15, 0.2) is 42.5 Å². The fraction of sp³-hybridized carbons (Fsp3) is 0.167. The molecule has 2 rings (SSSR count). The van der Waals surface area contributed by atoms with E-state index < -0.39 is 0 Å². The van der Waals surface area contributed by atoms with Gasteiger partial charge in [0, 0.05) is 12.4 Å². The van der Waals surface area contributed by atoms with Crippen LogP contribution in [0.3, 0.4) is 0 Å². The Hall–Kier alpha value is -1.54. The molecule has 0 atom stereocenters. The number of hydrogen-bond acceptors (Lipinski definition) is 2. The number of hydrogen-bond donors (Lipinski definition) is 0. The van der Waals surface area contributed by atoms with Crippen LogP contribution in [0.2, 0.25) is 0 Å². The van der Waals surface area contributed by atoms with Crippen molar-refractivity contribution < 1.29 is 4.84 Å². The van der Waals surface area contributed by atoms with Crippen molar-refractivity contribution in [2.45, 2.75) is 0 Å². The molecule has 0 aliphatic rings. The summed E-state index contributed by atoms with van der Waals surface area (Å²) in [6, 6.07) is 14.5. The maximum atomic E-state index is 5.18. The van der Waals surface area contributed by atoms with Gasteiger partial charge in [-0.1, -0.05) is 36.4 Å². The van der Waals surface area contributed by atoms with Crippen molar-refractivity contribution in [3.05, 3.63) is 42.5 Å². The first-order chi connectivity index (χ1) is 6.83. The minimum Gasteiger partial charge on any atom is -0.277 e. The lowest BCUT2D eigenvalue weighted by Gasteiger charge is -2.17. The minimum atomic E-state index is 1.09. The smallest absolute Gasteiger partial charge is 0.0711 e. The average molecular weight is 187 g/mol. The van der Waals surface area contributed by atoms with Gasteiger partial charge in [0.15, 0.2) is 0 Å². The highest BCUT2D eigenvalue weighted by Crippen LogP contribution is 2.25. The molecule has 0 fully saturated rings. The summed E-state index contributed by atoms with van der Waals surface area (Å²) in [7, 11) is 3.57. The Labute approximate surface area is 83.7 Å². The lowest BCUT2D eigenvalue weighted by molar-refractivity contribution is 0.185. The lowest BCUT2D eigenvalue weighted by Crippen LogP contribution is -2.14. The van der Waals surface area contributed by atoms with E-state index in [1.165, 1.54) is 10.8 Å². The standard InChI is InChI=1S/C12H13NO/c1-13(14-2)12-9-5-7-10-6-3-4-8-11(10)12/h3-9H,1-2H3. The Morgan fingerprint density at radius 2 is 1.71 bits per heavy atom. The van der Waals surface area contributed by atoms with Gasteiger partial charge >= 0.3 is 0 Å². The van der Waals surface area contributed by atoms with E-state index in [1.807, 2.05) is 31.3 Å². The second-order valence-electron chi connectivity index (χ2n) is 3.18. The summed E-state index contributed by atoms with van der Waals surface area (Å²) in [5.41, 5.74) is 1.09. The molecule has 0 bridgehead atoms. The van der Waals surface area contributed by atoms with Crippen LogP contribution in [0.5, 0.6) is 0 Å². The molecular weight excluding hydrogens is 174 g/mol. The van der Waals surface area contributed by atoms with E-state index in [0.29, 0.717) is 0 Å². The molecule has 2 nitrogen and oxygen atoms in total. The summed E-state index contributed by atoms with van der Waals surface area (Å²) in [6.07, 6.45) is 0. The fourth-order valence-corrected chi connectivity index (χ4v) is 1.58. The van der Waals surface area contributed by atoms with Crippen LogP contribution in [-0.4, -0.2) is 14.2 Å². The molecule has 0 N–H and O–H groups in total. The van der Waals surface area contributed by atoms with Gasteiger partial charge in [0.2, 0.25) is 0 Å². The first kappa shape index (κ1) is 9.03. The van der Waals surface area contributed by atoms with Gasteiger partial charge in [-0.2, -0.15) is 0 Å². The quantitative estimate of drug-likeness (QED) is 0.670. The monoisotopic (exact) mass is 187 g/mol.